The van der Waals surface area contributed by atoms with Gasteiger partial charge in [0.1, 0.15) is 5.69 Å². The molecule has 1 aromatic heterocycles. The second kappa shape index (κ2) is 6.43. The van der Waals surface area contributed by atoms with Gasteiger partial charge in [-0.2, -0.15) is 0 Å². The highest BCUT2D eigenvalue weighted by atomic mass is 19.3. The number of rotatable bonds is 5. The number of halogens is 2. The van der Waals surface area contributed by atoms with Gasteiger partial charge in [-0.05, 0) is 17.7 Å². The summed E-state index contributed by atoms with van der Waals surface area (Å²) in [4.78, 5) is 15.7. The highest BCUT2D eigenvalue weighted by Gasteiger charge is 2.28. The summed E-state index contributed by atoms with van der Waals surface area (Å²) in [5.41, 5.74) is 1.08. The van der Waals surface area contributed by atoms with E-state index in [0.717, 1.165) is 5.56 Å². The predicted octanol–water partition coefficient (Wildman–Crippen LogP) is 3.51. The van der Waals surface area contributed by atoms with Crippen molar-refractivity contribution in [2.24, 2.45) is 0 Å². The van der Waals surface area contributed by atoms with Crippen molar-refractivity contribution in [1.82, 2.24) is 10.3 Å². The Bertz CT molecular complexity index is 597. The maximum Gasteiger partial charge on any atom is 0.273 e. The van der Waals surface area contributed by atoms with Crippen LogP contribution in [0.4, 0.5) is 8.78 Å². The molecule has 0 aliphatic heterocycles. The molecule has 0 aliphatic rings. The smallest absolute Gasteiger partial charge is 0.273 e. The Morgan fingerprint density at radius 2 is 1.90 bits per heavy atom. The van der Waals surface area contributed by atoms with Gasteiger partial charge in [0.25, 0.3) is 11.8 Å². The van der Waals surface area contributed by atoms with Crippen LogP contribution in [-0.2, 0) is 12.5 Å². The van der Waals surface area contributed by atoms with E-state index in [1.54, 1.807) is 30.3 Å². The van der Waals surface area contributed by atoms with Crippen molar-refractivity contribution in [2.75, 3.05) is 0 Å². The summed E-state index contributed by atoms with van der Waals surface area (Å²) >= 11 is 0. The monoisotopic (exact) mass is 290 g/mol. The fourth-order valence-corrected chi connectivity index (χ4v) is 1.84. The van der Waals surface area contributed by atoms with Crippen molar-refractivity contribution in [2.45, 2.75) is 25.8 Å². The lowest BCUT2D eigenvalue weighted by Gasteiger charge is -2.14. The van der Waals surface area contributed by atoms with E-state index in [9.17, 15) is 13.6 Å². The van der Waals surface area contributed by atoms with E-state index >= 15 is 0 Å². The molecule has 1 N–H and O–H groups in total. The summed E-state index contributed by atoms with van der Waals surface area (Å²) < 4.78 is 26.9. The van der Waals surface area contributed by atoms with Gasteiger partial charge in [-0.25, -0.2) is 8.78 Å². The molecule has 0 unspecified atom stereocenters. The Morgan fingerprint density at radius 1 is 1.19 bits per heavy atom. The largest absolute Gasteiger partial charge is 0.347 e. The topological polar surface area (TPSA) is 42.0 Å². The molecule has 2 aromatic rings. The van der Waals surface area contributed by atoms with Gasteiger partial charge in [0.15, 0.2) is 0 Å². The van der Waals surface area contributed by atoms with Gasteiger partial charge in [0, 0.05) is 24.7 Å². The number of hydrogen-bond acceptors (Lipinski definition) is 2. The normalized spacial score (nSPS) is 11.2. The Morgan fingerprint density at radius 3 is 2.48 bits per heavy atom. The van der Waals surface area contributed by atoms with E-state index in [2.05, 4.69) is 10.3 Å². The van der Waals surface area contributed by atoms with E-state index in [1.165, 1.54) is 25.3 Å². The summed E-state index contributed by atoms with van der Waals surface area (Å²) in [5, 5.41) is 2.70. The van der Waals surface area contributed by atoms with Crippen LogP contribution >= 0.6 is 0 Å². The fourth-order valence-electron chi connectivity index (χ4n) is 1.84. The molecule has 2 rings (SSSR count). The Balaban J connectivity index is 1.97. The van der Waals surface area contributed by atoms with Crippen molar-refractivity contribution < 1.29 is 13.6 Å². The molecular weight excluding hydrogens is 274 g/mol. The third-order valence-corrected chi connectivity index (χ3v) is 3.17. The molecule has 0 fully saturated rings. The van der Waals surface area contributed by atoms with Crippen LogP contribution in [0, 0.1) is 0 Å². The van der Waals surface area contributed by atoms with Crippen LogP contribution in [-0.4, -0.2) is 10.9 Å². The van der Waals surface area contributed by atoms with E-state index in [1.807, 2.05) is 0 Å². The van der Waals surface area contributed by atoms with Gasteiger partial charge in [-0.3, -0.25) is 9.78 Å². The number of carbonyl (C=O) groups excluding carboxylic acids is 1. The summed E-state index contributed by atoms with van der Waals surface area (Å²) in [6, 6.07) is 11.0. The van der Waals surface area contributed by atoms with Crippen LogP contribution in [0.25, 0.3) is 0 Å². The number of nitrogens with one attached hydrogen (secondary N) is 1. The molecule has 0 radical (unpaired) electrons. The first-order chi connectivity index (χ1) is 10.0. The minimum atomic E-state index is -2.81. The van der Waals surface area contributed by atoms with Gasteiger partial charge in [-0.15, -0.1) is 0 Å². The van der Waals surface area contributed by atoms with Gasteiger partial charge in [0.2, 0.25) is 0 Å². The van der Waals surface area contributed by atoms with E-state index < -0.39 is 5.92 Å². The first-order valence-corrected chi connectivity index (χ1v) is 6.69. The lowest BCUT2D eigenvalue weighted by molar-refractivity contribution is -0.00830. The Labute approximate surface area is 122 Å². The first kappa shape index (κ1) is 15.1. The number of alkyl halides is 2. The second-order valence-electron chi connectivity index (χ2n) is 4.65. The number of pyridine rings is 1. The van der Waals surface area contributed by atoms with Gasteiger partial charge in [0.05, 0.1) is 0 Å². The molecule has 0 atom stereocenters. The molecule has 5 heteroatoms. The highest BCUT2D eigenvalue weighted by molar-refractivity contribution is 5.92. The van der Waals surface area contributed by atoms with E-state index in [4.69, 9.17) is 0 Å². The summed E-state index contributed by atoms with van der Waals surface area (Å²) in [7, 11) is 0. The molecule has 0 aliphatic carbocycles. The summed E-state index contributed by atoms with van der Waals surface area (Å²) in [5.74, 6) is -3.10. The van der Waals surface area contributed by atoms with Gasteiger partial charge >= 0.3 is 0 Å². The lowest BCUT2D eigenvalue weighted by Crippen LogP contribution is -2.23. The minimum Gasteiger partial charge on any atom is -0.347 e. The molecule has 0 bridgehead atoms. The lowest BCUT2D eigenvalue weighted by atomic mass is 10.0. The Hall–Kier alpha value is -2.30. The number of amides is 1. The van der Waals surface area contributed by atoms with Gasteiger partial charge < -0.3 is 5.32 Å². The van der Waals surface area contributed by atoms with Crippen LogP contribution in [0.3, 0.4) is 0 Å². The maximum atomic E-state index is 13.5. The third-order valence-electron chi connectivity index (χ3n) is 3.17. The van der Waals surface area contributed by atoms with Crippen LogP contribution in [0.5, 0.6) is 0 Å². The molecule has 3 nitrogen and oxygen atoms in total. The van der Waals surface area contributed by atoms with Crippen LogP contribution < -0.4 is 5.32 Å². The summed E-state index contributed by atoms with van der Waals surface area (Å²) in [6.45, 7) is 1.72. The predicted molar refractivity (Wildman–Crippen MR) is 76.0 cm³/mol. The van der Waals surface area contributed by atoms with Crippen molar-refractivity contribution in [1.29, 1.82) is 0 Å². The zero-order valence-electron chi connectivity index (χ0n) is 11.6. The number of aromatic nitrogens is 1. The minimum absolute atomic E-state index is 0.00944. The van der Waals surface area contributed by atoms with Crippen molar-refractivity contribution >= 4 is 5.91 Å². The quantitative estimate of drug-likeness (QED) is 0.915. The van der Waals surface area contributed by atoms with Crippen molar-refractivity contribution in [3.05, 3.63) is 65.5 Å². The SMILES string of the molecule is CCC(F)(F)c1ccc(CNC(=O)c2ccccn2)cc1. The molecule has 21 heavy (non-hydrogen) atoms. The number of hydrogen-bond donors (Lipinski definition) is 1. The number of carbonyl (C=O) groups is 1. The second-order valence-corrected chi connectivity index (χ2v) is 4.65. The third kappa shape index (κ3) is 3.84. The highest BCUT2D eigenvalue weighted by Crippen LogP contribution is 2.31. The fraction of sp³-hybridized carbons (Fsp3) is 0.250. The zero-order valence-corrected chi connectivity index (χ0v) is 11.6. The van der Waals surface area contributed by atoms with Crippen molar-refractivity contribution in [3.63, 3.8) is 0 Å². The standard InChI is InChI=1S/C16H16F2N2O/c1-2-16(17,18)13-8-6-12(7-9-13)11-20-15(21)14-5-3-4-10-19-14/h3-10H,2,11H2,1H3,(H,20,21). The average molecular weight is 290 g/mol. The number of nitrogens with zero attached hydrogens (tertiary/aromatic N) is 1. The van der Waals surface area contributed by atoms with Crippen LogP contribution in [0.1, 0.15) is 35.0 Å². The maximum absolute atomic E-state index is 13.5. The van der Waals surface area contributed by atoms with E-state index in [0.29, 0.717) is 5.69 Å². The molecule has 1 amide bonds. The number of benzene rings is 1. The zero-order chi connectivity index (χ0) is 15.3. The van der Waals surface area contributed by atoms with Crippen LogP contribution in [0.15, 0.2) is 48.7 Å². The molecule has 1 aromatic carbocycles. The molecule has 0 spiro atoms. The summed E-state index contributed by atoms with van der Waals surface area (Å²) in [6.07, 6.45) is 1.30. The molecular formula is C16H16F2N2O. The van der Waals surface area contributed by atoms with Crippen molar-refractivity contribution in [3.8, 4) is 0 Å². The molecule has 110 valence electrons. The first-order valence-electron chi connectivity index (χ1n) is 6.69. The van der Waals surface area contributed by atoms with Gasteiger partial charge in [-0.1, -0.05) is 37.3 Å². The molecule has 0 saturated carbocycles. The Kier molecular flexibility index (Phi) is 4.62. The molecule has 0 saturated heterocycles. The van der Waals surface area contributed by atoms with Crippen LogP contribution in [0.2, 0.25) is 0 Å². The molecule has 1 heterocycles. The average Bonchev–Trinajstić information content (AvgIpc) is 2.54. The van der Waals surface area contributed by atoms with E-state index in [-0.39, 0.29) is 24.4 Å².